The Labute approximate surface area is 247 Å². The fraction of sp³-hybridized carbons (Fsp3) is 0.219. The highest BCUT2D eigenvalue weighted by molar-refractivity contribution is 6.04. The Morgan fingerprint density at radius 1 is 0.930 bits per heavy atom. The molecule has 5 aromatic rings. The number of anilines is 4. The molecule has 1 fully saturated rings. The summed E-state index contributed by atoms with van der Waals surface area (Å²) in [5.74, 6) is 0.316. The van der Waals surface area contributed by atoms with Crippen LogP contribution in [-0.2, 0) is 0 Å². The van der Waals surface area contributed by atoms with E-state index in [-0.39, 0.29) is 11.6 Å². The quantitative estimate of drug-likeness (QED) is 0.266. The summed E-state index contributed by atoms with van der Waals surface area (Å²) in [7, 11) is 0. The van der Waals surface area contributed by atoms with Gasteiger partial charge in [0.15, 0.2) is 0 Å². The summed E-state index contributed by atoms with van der Waals surface area (Å²) in [5, 5.41) is 10.6. The number of amides is 1. The molecule has 0 aliphatic carbocycles. The van der Waals surface area contributed by atoms with Crippen LogP contribution in [0.2, 0.25) is 0 Å². The average Bonchev–Trinajstić information content (AvgIpc) is 3.03. The number of carbonyl (C=O) groups is 1. The van der Waals surface area contributed by atoms with E-state index in [4.69, 9.17) is 0 Å². The van der Waals surface area contributed by atoms with Gasteiger partial charge in [-0.25, -0.2) is 14.3 Å². The van der Waals surface area contributed by atoms with Gasteiger partial charge in [-0.2, -0.15) is 0 Å². The topological polar surface area (TPSA) is 126 Å². The van der Waals surface area contributed by atoms with Gasteiger partial charge in [0.2, 0.25) is 0 Å². The lowest BCUT2D eigenvalue weighted by molar-refractivity contribution is 0.102. The third-order valence-electron chi connectivity index (χ3n) is 7.41. The summed E-state index contributed by atoms with van der Waals surface area (Å²) < 4.78 is 2.42. The smallest absolute Gasteiger partial charge is 0.335 e. The molecule has 2 aromatic carbocycles. The summed E-state index contributed by atoms with van der Waals surface area (Å²) in [6, 6.07) is 19.5. The molecule has 3 N–H and O–H groups in total. The predicted octanol–water partition coefficient (Wildman–Crippen LogP) is 3.93. The van der Waals surface area contributed by atoms with Gasteiger partial charge in [0.1, 0.15) is 11.4 Å². The second-order valence-electron chi connectivity index (χ2n) is 10.6. The number of hydrogen-bond donors (Lipinski definition) is 3. The van der Waals surface area contributed by atoms with Crippen LogP contribution in [0.1, 0.15) is 30.2 Å². The van der Waals surface area contributed by atoms with Gasteiger partial charge in [-0.3, -0.25) is 19.1 Å². The van der Waals surface area contributed by atoms with Crippen LogP contribution in [0.4, 0.5) is 22.9 Å². The first-order chi connectivity index (χ1) is 20.9. The van der Waals surface area contributed by atoms with Crippen molar-refractivity contribution in [1.82, 2.24) is 24.4 Å². The fourth-order valence-corrected chi connectivity index (χ4v) is 5.11. The molecule has 11 heteroatoms. The molecular weight excluding hydrogens is 544 g/mol. The largest absolute Gasteiger partial charge is 0.355 e. The molecule has 0 atom stereocenters. The number of benzene rings is 2. The molecule has 218 valence electrons. The third kappa shape index (κ3) is 5.75. The number of fused-ring (bicyclic) bond motifs is 1. The maximum absolute atomic E-state index is 13.3. The van der Waals surface area contributed by atoms with Gasteiger partial charge in [0, 0.05) is 67.1 Å². The first-order valence-electron chi connectivity index (χ1n) is 14.2. The molecule has 3 aromatic heterocycles. The zero-order valence-corrected chi connectivity index (χ0v) is 23.9. The summed E-state index contributed by atoms with van der Waals surface area (Å²) in [6.07, 6.45) is 4.87. The highest BCUT2D eigenvalue weighted by atomic mass is 16.2. The van der Waals surface area contributed by atoms with Gasteiger partial charge >= 0.3 is 5.69 Å². The molecule has 0 spiro atoms. The Hall–Kier alpha value is -5.29. The summed E-state index contributed by atoms with van der Waals surface area (Å²) in [5.41, 5.74) is 2.09. The second-order valence-corrected chi connectivity index (χ2v) is 10.6. The number of carbonyl (C=O) groups excluding carboxylic acids is 1. The molecule has 0 bridgehead atoms. The number of piperazine rings is 1. The van der Waals surface area contributed by atoms with Crippen LogP contribution in [0.5, 0.6) is 0 Å². The first-order valence-corrected chi connectivity index (χ1v) is 14.2. The molecule has 0 saturated carbocycles. The van der Waals surface area contributed by atoms with Crippen LogP contribution in [-0.4, -0.2) is 51.2 Å². The Morgan fingerprint density at radius 3 is 2.37 bits per heavy atom. The van der Waals surface area contributed by atoms with Crippen LogP contribution < -0.4 is 32.1 Å². The lowest BCUT2D eigenvalue weighted by atomic mass is 10.2. The van der Waals surface area contributed by atoms with Gasteiger partial charge in [-0.1, -0.05) is 18.2 Å². The third-order valence-corrected chi connectivity index (χ3v) is 7.41. The highest BCUT2D eigenvalue weighted by Gasteiger charge is 2.20. The Balaban J connectivity index is 1.24. The standard InChI is InChI=1S/C32H32N8O3/c1-21(2)39-20-26(31(42)40(32(39)43)24-6-4-3-5-7-24)30(41)37-23-10-8-22(9-11-23)36-27-12-13-34-28-19-35-29(18-25(27)28)38-16-14-33-15-17-38/h3-13,18-21,33H,14-17H2,1-2H3,(H,34,36)(H,37,41). The zero-order chi connectivity index (χ0) is 29.9. The number of rotatable bonds is 7. The van der Waals surface area contributed by atoms with Crippen molar-refractivity contribution in [1.29, 1.82) is 0 Å². The lowest BCUT2D eigenvalue weighted by Crippen LogP contribution is -2.43. The van der Waals surface area contributed by atoms with Crippen LogP contribution in [0, 0.1) is 0 Å². The molecule has 6 rings (SSSR count). The average molecular weight is 577 g/mol. The van der Waals surface area contributed by atoms with Crippen molar-refractivity contribution in [3.05, 3.63) is 112 Å². The minimum Gasteiger partial charge on any atom is -0.355 e. The van der Waals surface area contributed by atoms with Gasteiger partial charge in [-0.15, -0.1) is 0 Å². The number of aromatic nitrogens is 4. The Morgan fingerprint density at radius 2 is 1.65 bits per heavy atom. The second kappa shape index (κ2) is 11.9. The maximum Gasteiger partial charge on any atom is 0.335 e. The van der Waals surface area contributed by atoms with Gasteiger partial charge in [-0.05, 0) is 62.4 Å². The molecule has 1 aliphatic rings. The molecular formula is C32H32N8O3. The van der Waals surface area contributed by atoms with Crippen molar-refractivity contribution in [3.8, 4) is 5.69 Å². The maximum atomic E-state index is 13.3. The van der Waals surface area contributed by atoms with E-state index in [1.165, 1.54) is 10.8 Å². The SMILES string of the molecule is CC(C)n1cc(C(=O)Nc2ccc(Nc3ccnc4cnc(N5CCNCC5)cc34)cc2)c(=O)n(-c2ccccc2)c1=O. The number of pyridine rings is 2. The van der Waals surface area contributed by atoms with Crippen LogP contribution in [0.25, 0.3) is 16.6 Å². The molecule has 1 saturated heterocycles. The molecule has 0 radical (unpaired) electrons. The van der Waals surface area contributed by atoms with Crippen molar-refractivity contribution in [2.75, 3.05) is 41.7 Å². The number of nitrogens with zero attached hydrogens (tertiary/aromatic N) is 5. The lowest BCUT2D eigenvalue weighted by Gasteiger charge is -2.28. The first kappa shape index (κ1) is 27.9. The van der Waals surface area contributed by atoms with E-state index >= 15 is 0 Å². The van der Waals surface area contributed by atoms with Crippen molar-refractivity contribution < 1.29 is 4.79 Å². The van der Waals surface area contributed by atoms with Crippen molar-refractivity contribution >= 4 is 39.7 Å². The van der Waals surface area contributed by atoms with Crippen molar-refractivity contribution in [2.24, 2.45) is 0 Å². The molecule has 1 aliphatic heterocycles. The van der Waals surface area contributed by atoms with Gasteiger partial charge in [0.05, 0.1) is 17.4 Å². The van der Waals surface area contributed by atoms with E-state index in [9.17, 15) is 14.4 Å². The molecule has 43 heavy (non-hydrogen) atoms. The molecule has 11 nitrogen and oxygen atoms in total. The zero-order valence-electron chi connectivity index (χ0n) is 23.9. The normalized spacial score (nSPS) is 13.3. The number of nitrogens with one attached hydrogen (secondary N) is 3. The van der Waals surface area contributed by atoms with Gasteiger partial charge in [0.25, 0.3) is 11.5 Å². The van der Waals surface area contributed by atoms with E-state index in [1.807, 2.05) is 32.0 Å². The van der Waals surface area contributed by atoms with Gasteiger partial charge < -0.3 is 20.9 Å². The van der Waals surface area contributed by atoms with Crippen LogP contribution in [0.3, 0.4) is 0 Å². The summed E-state index contributed by atoms with van der Waals surface area (Å²) in [6.45, 7) is 7.28. The monoisotopic (exact) mass is 576 g/mol. The fourth-order valence-electron chi connectivity index (χ4n) is 5.11. The van der Waals surface area contributed by atoms with Crippen LogP contribution >= 0.6 is 0 Å². The predicted molar refractivity (Wildman–Crippen MR) is 169 cm³/mol. The van der Waals surface area contributed by atoms with E-state index in [0.29, 0.717) is 11.4 Å². The Kier molecular flexibility index (Phi) is 7.71. The number of para-hydroxylation sites is 1. The minimum absolute atomic E-state index is 0.128. The molecule has 0 unspecified atom stereocenters. The van der Waals surface area contributed by atoms with E-state index in [1.54, 1.807) is 54.9 Å². The Bertz CT molecular complexity index is 1890. The summed E-state index contributed by atoms with van der Waals surface area (Å²) >= 11 is 0. The number of hydrogen-bond acceptors (Lipinski definition) is 8. The van der Waals surface area contributed by atoms with Crippen molar-refractivity contribution in [3.63, 3.8) is 0 Å². The molecule has 4 heterocycles. The van der Waals surface area contributed by atoms with E-state index in [2.05, 4.69) is 36.9 Å². The highest BCUT2D eigenvalue weighted by Crippen LogP contribution is 2.28. The summed E-state index contributed by atoms with van der Waals surface area (Å²) in [4.78, 5) is 51.1. The molecule has 1 amide bonds. The van der Waals surface area contributed by atoms with Crippen molar-refractivity contribution in [2.45, 2.75) is 19.9 Å². The minimum atomic E-state index is -0.678. The van der Waals surface area contributed by atoms with E-state index in [0.717, 1.165) is 58.8 Å². The van der Waals surface area contributed by atoms with E-state index < -0.39 is 17.2 Å². The van der Waals surface area contributed by atoms with Crippen LogP contribution in [0.15, 0.2) is 94.9 Å².